The zero-order valence-electron chi connectivity index (χ0n) is 29.6. The van der Waals surface area contributed by atoms with E-state index in [0.29, 0.717) is 41.0 Å². The normalized spacial score (nSPS) is 34.5. The summed E-state index contributed by atoms with van der Waals surface area (Å²) in [6.45, 7) is 5.59. The molecule has 1 aromatic rings. The molecule has 1 fully saturated rings. The van der Waals surface area contributed by atoms with Gasteiger partial charge in [0, 0.05) is 40.7 Å². The lowest BCUT2D eigenvalue weighted by molar-refractivity contribution is 0.0693. The van der Waals surface area contributed by atoms with Gasteiger partial charge in [0.05, 0.1) is 0 Å². The number of allylic oxidation sites excluding steroid dienone is 17. The van der Waals surface area contributed by atoms with Crippen LogP contribution in [0.5, 0.6) is 5.75 Å². The Morgan fingerprint density at radius 2 is 1.88 bits per heavy atom. The molecule has 0 saturated heterocycles. The average molecular weight is 660 g/mol. The second-order valence-electron chi connectivity index (χ2n) is 16.1. The number of fused-ring (bicyclic) bond motifs is 4. The van der Waals surface area contributed by atoms with Crippen LogP contribution in [0.4, 0.5) is 0 Å². The van der Waals surface area contributed by atoms with Gasteiger partial charge in [-0.1, -0.05) is 133 Å². The number of hydrogen-bond donors (Lipinski definition) is 1. The number of para-hydroxylation sites is 1. The Balaban J connectivity index is 0.790. The molecule has 0 bridgehead atoms. The summed E-state index contributed by atoms with van der Waals surface area (Å²) in [6.07, 6.45) is 49.2. The third kappa shape index (κ3) is 5.88. The second kappa shape index (κ2) is 13.7. The lowest BCUT2D eigenvalue weighted by Gasteiger charge is -2.61. The van der Waals surface area contributed by atoms with Crippen molar-refractivity contribution in [2.75, 3.05) is 6.54 Å². The van der Waals surface area contributed by atoms with Crippen molar-refractivity contribution < 1.29 is 4.74 Å². The van der Waals surface area contributed by atoms with Crippen molar-refractivity contribution in [1.29, 1.82) is 0 Å². The van der Waals surface area contributed by atoms with E-state index in [1.807, 2.05) is 0 Å². The van der Waals surface area contributed by atoms with E-state index >= 15 is 0 Å². The highest BCUT2D eigenvalue weighted by Crippen LogP contribution is 2.68. The minimum atomic E-state index is 0.268. The molecule has 0 aromatic heterocycles. The topological polar surface area (TPSA) is 21.3 Å². The van der Waals surface area contributed by atoms with Crippen molar-refractivity contribution in [3.63, 3.8) is 0 Å². The van der Waals surface area contributed by atoms with Gasteiger partial charge in [-0.3, -0.25) is 0 Å². The first kappa shape index (κ1) is 32.1. The van der Waals surface area contributed by atoms with Crippen LogP contribution in [0.1, 0.15) is 82.1 Å². The van der Waals surface area contributed by atoms with Gasteiger partial charge in [0.15, 0.2) is 0 Å². The maximum absolute atomic E-state index is 6.63. The Bertz CT molecular complexity index is 1830. The first-order valence-electron chi connectivity index (χ1n) is 19.7. The summed E-state index contributed by atoms with van der Waals surface area (Å²) in [5.74, 6) is 3.70. The maximum Gasteiger partial charge on any atom is 0.123 e. The maximum atomic E-state index is 6.63. The van der Waals surface area contributed by atoms with Crippen molar-refractivity contribution in [3.8, 4) is 5.75 Å². The number of hydrogen-bond acceptors (Lipinski definition) is 2. The molecule has 50 heavy (non-hydrogen) atoms. The summed E-state index contributed by atoms with van der Waals surface area (Å²) in [5, 5.41) is 3.67. The Kier molecular flexibility index (Phi) is 8.77. The van der Waals surface area contributed by atoms with Crippen molar-refractivity contribution in [3.05, 3.63) is 161 Å². The van der Waals surface area contributed by atoms with Crippen molar-refractivity contribution in [2.45, 2.75) is 88.7 Å². The zero-order chi connectivity index (χ0) is 33.5. The van der Waals surface area contributed by atoms with E-state index in [1.54, 1.807) is 16.7 Å². The highest BCUT2D eigenvalue weighted by molar-refractivity contribution is 5.52. The summed E-state index contributed by atoms with van der Waals surface area (Å²) in [6, 6.07) is 9.20. The highest BCUT2D eigenvalue weighted by Gasteiger charge is 2.58. The van der Waals surface area contributed by atoms with E-state index in [2.05, 4.69) is 127 Å². The van der Waals surface area contributed by atoms with Gasteiger partial charge in [-0.2, -0.15) is 0 Å². The van der Waals surface area contributed by atoms with E-state index < -0.39 is 0 Å². The van der Waals surface area contributed by atoms with Crippen LogP contribution in [0.2, 0.25) is 0 Å². The predicted octanol–water partition coefficient (Wildman–Crippen LogP) is 11.3. The molecule has 8 atom stereocenters. The largest absolute Gasteiger partial charge is 0.489 e. The summed E-state index contributed by atoms with van der Waals surface area (Å²) in [5.41, 5.74) is 10.9. The van der Waals surface area contributed by atoms with Crippen molar-refractivity contribution in [1.82, 2.24) is 5.32 Å². The molecule has 256 valence electrons. The van der Waals surface area contributed by atoms with E-state index in [-0.39, 0.29) is 6.10 Å². The molecular weight excluding hydrogens is 607 g/mol. The summed E-state index contributed by atoms with van der Waals surface area (Å²) < 4.78 is 6.63. The van der Waals surface area contributed by atoms with Gasteiger partial charge < -0.3 is 10.1 Å². The van der Waals surface area contributed by atoms with E-state index in [4.69, 9.17) is 4.74 Å². The molecule has 1 heterocycles. The fraction of sp³-hybridized carbons (Fsp3) is 0.417. The smallest absolute Gasteiger partial charge is 0.123 e. The molecule has 0 radical (unpaired) electrons. The molecule has 0 amide bonds. The molecule has 1 aliphatic heterocycles. The SMILES string of the molecule is C=C(CCCCNC1C=CC=CC1)C1=CC=CC(C2=CCC(C3=CCCC([C@]45C=C(C6CC=CC7c8ccccc8OC67)C4CC5)=C3)C=C2)C1. The third-order valence-electron chi connectivity index (χ3n) is 13.3. The first-order chi connectivity index (χ1) is 24.7. The molecule has 0 spiro atoms. The fourth-order valence-corrected chi connectivity index (χ4v) is 10.3. The van der Waals surface area contributed by atoms with Crippen LogP contribution in [-0.2, 0) is 0 Å². The minimum Gasteiger partial charge on any atom is -0.489 e. The van der Waals surface area contributed by atoms with Crippen molar-refractivity contribution >= 4 is 0 Å². The summed E-state index contributed by atoms with van der Waals surface area (Å²) >= 11 is 0. The van der Waals surface area contributed by atoms with Gasteiger partial charge >= 0.3 is 0 Å². The average Bonchev–Trinajstić information content (AvgIpc) is 3.55. The number of benzene rings is 1. The second-order valence-corrected chi connectivity index (χ2v) is 16.1. The standard InChI is InChI=1S/C48H53NO/c1-33(12-7-8-29-49-40-17-3-2-4-18-40)36-13-9-14-37(30-36)34-23-25-35(26-24-34)38-15-10-16-39(31-38)48-28-27-45(48)44(32-48)43-21-11-20-42-41-19-5-6-22-46(41)50-47(42)43/h2-6,9,11,13-15,17,19-20,22-25,31-32,35,37,40,42-43,45,47,49H,1,7-8,10,12,16,18,21,26-30H2/t35?,37?,40?,42?,43?,45?,47?,48-/m0/s1. The molecule has 1 saturated carbocycles. The lowest BCUT2D eigenvalue weighted by atomic mass is 9.43. The molecule has 2 heteroatoms. The summed E-state index contributed by atoms with van der Waals surface area (Å²) in [4.78, 5) is 0. The van der Waals surface area contributed by atoms with E-state index in [0.717, 1.165) is 44.4 Å². The third-order valence-corrected chi connectivity index (χ3v) is 13.3. The monoisotopic (exact) mass is 659 g/mol. The van der Waals surface area contributed by atoms with E-state index in [9.17, 15) is 0 Å². The van der Waals surface area contributed by atoms with Crippen LogP contribution < -0.4 is 10.1 Å². The van der Waals surface area contributed by atoms with Gasteiger partial charge in [-0.15, -0.1) is 0 Å². The Labute approximate surface area is 300 Å². The Morgan fingerprint density at radius 1 is 0.920 bits per heavy atom. The quantitative estimate of drug-likeness (QED) is 0.189. The molecule has 8 aliphatic rings. The Morgan fingerprint density at radius 3 is 2.72 bits per heavy atom. The molecule has 7 unspecified atom stereocenters. The van der Waals surface area contributed by atoms with Crippen LogP contribution in [0.3, 0.4) is 0 Å². The molecule has 9 rings (SSSR count). The minimum absolute atomic E-state index is 0.268. The van der Waals surface area contributed by atoms with Crippen LogP contribution in [0, 0.1) is 29.1 Å². The zero-order valence-corrected chi connectivity index (χ0v) is 29.6. The van der Waals surface area contributed by atoms with Crippen LogP contribution in [-0.4, -0.2) is 18.7 Å². The summed E-state index contributed by atoms with van der Waals surface area (Å²) in [7, 11) is 0. The molecule has 2 nitrogen and oxygen atoms in total. The van der Waals surface area contributed by atoms with E-state index in [1.165, 1.54) is 60.8 Å². The van der Waals surface area contributed by atoms with Gasteiger partial charge in [-0.05, 0) is 106 Å². The van der Waals surface area contributed by atoms with Crippen LogP contribution in [0.15, 0.2) is 155 Å². The number of nitrogens with one attached hydrogen (secondary N) is 1. The van der Waals surface area contributed by atoms with Gasteiger partial charge in [-0.25, -0.2) is 0 Å². The molecule has 1 aromatic carbocycles. The molecule has 1 N–H and O–H groups in total. The molecule has 7 aliphatic carbocycles. The predicted molar refractivity (Wildman–Crippen MR) is 208 cm³/mol. The lowest BCUT2D eigenvalue weighted by Crippen LogP contribution is -2.52. The fourth-order valence-electron chi connectivity index (χ4n) is 10.3. The molecular formula is C48H53NO. The number of unbranched alkanes of at least 4 members (excludes halogenated alkanes) is 1. The number of rotatable bonds is 11. The van der Waals surface area contributed by atoms with Crippen LogP contribution >= 0.6 is 0 Å². The van der Waals surface area contributed by atoms with Gasteiger partial charge in [0.25, 0.3) is 0 Å². The highest BCUT2D eigenvalue weighted by atomic mass is 16.5. The Hall–Kier alpha value is -3.88. The van der Waals surface area contributed by atoms with Crippen LogP contribution in [0.25, 0.3) is 0 Å². The van der Waals surface area contributed by atoms with Gasteiger partial charge in [0.2, 0.25) is 0 Å². The van der Waals surface area contributed by atoms with Crippen molar-refractivity contribution in [2.24, 2.45) is 29.1 Å². The van der Waals surface area contributed by atoms with Gasteiger partial charge in [0.1, 0.15) is 11.9 Å². The first-order valence-corrected chi connectivity index (χ1v) is 19.7. The number of ether oxygens (including phenoxy) is 1.